The summed E-state index contributed by atoms with van der Waals surface area (Å²) in [4.78, 5) is 14.4. The predicted octanol–water partition coefficient (Wildman–Crippen LogP) is 2.29. The van der Waals surface area contributed by atoms with Crippen molar-refractivity contribution in [3.05, 3.63) is 28.5 Å². The number of hydrogen-bond donors (Lipinski definition) is 0. The number of nitrogens with zero attached hydrogens (tertiary/aromatic N) is 1. The summed E-state index contributed by atoms with van der Waals surface area (Å²) in [5, 5.41) is 0. The van der Waals surface area contributed by atoms with Crippen molar-refractivity contribution in [2.45, 2.75) is 19.4 Å². The average molecular weight is 258 g/mol. The lowest BCUT2D eigenvalue weighted by Gasteiger charge is -2.23. The van der Waals surface area contributed by atoms with Gasteiger partial charge >= 0.3 is 0 Å². The molecule has 0 spiro atoms. The van der Waals surface area contributed by atoms with Gasteiger partial charge in [0.25, 0.3) is 0 Å². The Kier molecular flexibility index (Phi) is 3.77. The highest BCUT2D eigenvalue weighted by Crippen LogP contribution is 2.23. The van der Waals surface area contributed by atoms with Crippen molar-refractivity contribution in [3.8, 4) is 0 Å². The van der Waals surface area contributed by atoms with E-state index in [1.807, 2.05) is 26.0 Å². The number of pyridine rings is 1. The Balaban J connectivity index is 2.80. The molecule has 76 valence electrons. The van der Waals surface area contributed by atoms with Gasteiger partial charge in [-0.05, 0) is 41.9 Å². The molecule has 0 unspecified atom stereocenters. The number of aldehydes is 1. The van der Waals surface area contributed by atoms with Crippen molar-refractivity contribution in [2.24, 2.45) is 0 Å². The lowest BCUT2D eigenvalue weighted by atomic mass is 10.0. The first-order valence-corrected chi connectivity index (χ1v) is 5.05. The van der Waals surface area contributed by atoms with Crippen LogP contribution >= 0.6 is 15.9 Å². The van der Waals surface area contributed by atoms with Crippen molar-refractivity contribution in [1.82, 2.24) is 4.98 Å². The Morgan fingerprint density at radius 2 is 2.29 bits per heavy atom. The van der Waals surface area contributed by atoms with E-state index >= 15 is 0 Å². The van der Waals surface area contributed by atoms with Crippen molar-refractivity contribution < 1.29 is 9.53 Å². The van der Waals surface area contributed by atoms with Gasteiger partial charge in [-0.25, -0.2) is 0 Å². The molecule has 1 aromatic heterocycles. The molecule has 3 nitrogen and oxygen atoms in total. The monoisotopic (exact) mass is 257 g/mol. The van der Waals surface area contributed by atoms with Crippen LogP contribution in [0.2, 0.25) is 0 Å². The Morgan fingerprint density at radius 1 is 1.57 bits per heavy atom. The molecule has 0 atom stereocenters. The third kappa shape index (κ3) is 2.89. The summed E-state index contributed by atoms with van der Waals surface area (Å²) < 4.78 is 6.28. The smallest absolute Gasteiger partial charge is 0.145 e. The number of rotatable bonds is 4. The molecule has 1 aromatic rings. The van der Waals surface area contributed by atoms with Gasteiger partial charge in [0.2, 0.25) is 0 Å². The molecular formula is C10H12BrNO2. The zero-order valence-corrected chi connectivity index (χ0v) is 9.74. The van der Waals surface area contributed by atoms with Gasteiger partial charge in [-0.2, -0.15) is 0 Å². The van der Waals surface area contributed by atoms with Crippen LogP contribution in [0.5, 0.6) is 0 Å². The normalized spacial score (nSPS) is 11.4. The van der Waals surface area contributed by atoms with E-state index in [4.69, 9.17) is 4.74 Å². The number of halogens is 1. The van der Waals surface area contributed by atoms with Gasteiger partial charge in [0.15, 0.2) is 0 Å². The van der Waals surface area contributed by atoms with Crippen molar-refractivity contribution in [3.63, 3.8) is 0 Å². The highest BCUT2D eigenvalue weighted by atomic mass is 79.9. The van der Waals surface area contributed by atoms with E-state index in [-0.39, 0.29) is 6.61 Å². The number of carbonyl (C=O) groups is 1. The first kappa shape index (κ1) is 11.3. The summed E-state index contributed by atoms with van der Waals surface area (Å²) in [5.41, 5.74) is 0.282. The second-order valence-corrected chi connectivity index (χ2v) is 4.27. The fourth-order valence-electron chi connectivity index (χ4n) is 1.05. The zero-order chi connectivity index (χ0) is 10.6. The zero-order valence-electron chi connectivity index (χ0n) is 8.16. The summed E-state index contributed by atoms with van der Waals surface area (Å²) >= 11 is 3.31. The molecule has 0 amide bonds. The van der Waals surface area contributed by atoms with Crippen LogP contribution in [0, 0.1) is 0 Å². The third-order valence-corrected chi connectivity index (χ3v) is 2.33. The summed E-state index contributed by atoms with van der Waals surface area (Å²) in [6.07, 6.45) is 2.45. The highest BCUT2D eigenvalue weighted by molar-refractivity contribution is 9.10. The average Bonchev–Trinajstić information content (AvgIpc) is 2.16. The van der Waals surface area contributed by atoms with E-state index in [1.165, 1.54) is 0 Å². The number of carbonyl (C=O) groups excluding carboxylic acids is 1. The van der Waals surface area contributed by atoms with E-state index in [0.29, 0.717) is 0 Å². The molecule has 14 heavy (non-hydrogen) atoms. The van der Waals surface area contributed by atoms with E-state index in [2.05, 4.69) is 20.9 Å². The topological polar surface area (TPSA) is 39.2 Å². The number of hydrogen-bond acceptors (Lipinski definition) is 3. The molecule has 0 aromatic carbocycles. The maximum Gasteiger partial charge on any atom is 0.145 e. The van der Waals surface area contributed by atoms with Crippen LogP contribution in [0.15, 0.2) is 22.8 Å². The standard InChI is InChI=1S/C10H12BrNO2/c1-10(2,14-6-5-13)9-4-3-8(11)7-12-9/h3-5,7H,6H2,1-2H3. The molecule has 0 saturated heterocycles. The van der Waals surface area contributed by atoms with Gasteiger partial charge in [-0.3, -0.25) is 4.98 Å². The molecule has 1 heterocycles. The minimum absolute atomic E-state index is 0.0880. The lowest BCUT2D eigenvalue weighted by molar-refractivity contribution is -0.118. The Hall–Kier alpha value is -0.740. The molecule has 0 N–H and O–H groups in total. The van der Waals surface area contributed by atoms with Crippen molar-refractivity contribution in [2.75, 3.05) is 6.61 Å². The van der Waals surface area contributed by atoms with E-state index in [1.54, 1.807) is 6.20 Å². The molecule has 0 saturated carbocycles. The van der Waals surface area contributed by atoms with Crippen LogP contribution in [0.3, 0.4) is 0 Å². The van der Waals surface area contributed by atoms with Crippen molar-refractivity contribution in [1.29, 1.82) is 0 Å². The minimum atomic E-state index is -0.526. The number of aromatic nitrogens is 1. The molecule has 0 aliphatic heterocycles. The molecule has 1 rings (SSSR count). The Morgan fingerprint density at radius 3 is 2.79 bits per heavy atom. The second-order valence-electron chi connectivity index (χ2n) is 3.35. The second kappa shape index (κ2) is 4.66. The molecule has 0 fully saturated rings. The fourth-order valence-corrected chi connectivity index (χ4v) is 1.28. The van der Waals surface area contributed by atoms with Crippen LogP contribution in [0.1, 0.15) is 19.5 Å². The summed E-state index contributed by atoms with van der Waals surface area (Å²) in [5.74, 6) is 0. The maximum absolute atomic E-state index is 10.2. The van der Waals surface area contributed by atoms with E-state index < -0.39 is 5.60 Å². The molecular weight excluding hydrogens is 246 g/mol. The number of ether oxygens (including phenoxy) is 1. The predicted molar refractivity (Wildman–Crippen MR) is 57.0 cm³/mol. The van der Waals surface area contributed by atoms with E-state index in [0.717, 1.165) is 16.5 Å². The van der Waals surface area contributed by atoms with Crippen LogP contribution < -0.4 is 0 Å². The van der Waals surface area contributed by atoms with Crippen LogP contribution in [-0.2, 0) is 15.1 Å². The van der Waals surface area contributed by atoms with Gasteiger partial charge in [-0.15, -0.1) is 0 Å². The van der Waals surface area contributed by atoms with E-state index in [9.17, 15) is 4.79 Å². The Bertz CT molecular complexity index is 308. The van der Waals surface area contributed by atoms with Gasteiger partial charge in [0.1, 0.15) is 18.5 Å². The van der Waals surface area contributed by atoms with Crippen LogP contribution in [-0.4, -0.2) is 17.9 Å². The highest BCUT2D eigenvalue weighted by Gasteiger charge is 2.22. The molecule has 0 bridgehead atoms. The Labute approximate surface area is 91.6 Å². The molecule has 0 radical (unpaired) electrons. The molecule has 4 heteroatoms. The first-order valence-electron chi connectivity index (χ1n) is 4.26. The fraction of sp³-hybridized carbons (Fsp3) is 0.400. The van der Waals surface area contributed by atoms with Crippen LogP contribution in [0.4, 0.5) is 0 Å². The van der Waals surface area contributed by atoms with Gasteiger partial charge in [0, 0.05) is 10.7 Å². The largest absolute Gasteiger partial charge is 0.362 e. The quantitative estimate of drug-likeness (QED) is 0.778. The minimum Gasteiger partial charge on any atom is -0.362 e. The summed E-state index contributed by atoms with van der Waals surface area (Å²) in [6, 6.07) is 3.77. The first-order chi connectivity index (χ1) is 6.56. The lowest BCUT2D eigenvalue weighted by Crippen LogP contribution is -2.23. The molecule has 0 aliphatic rings. The van der Waals surface area contributed by atoms with Crippen molar-refractivity contribution >= 4 is 22.2 Å². The summed E-state index contributed by atoms with van der Waals surface area (Å²) in [7, 11) is 0. The van der Waals surface area contributed by atoms with Gasteiger partial charge in [-0.1, -0.05) is 0 Å². The third-order valence-electron chi connectivity index (χ3n) is 1.86. The van der Waals surface area contributed by atoms with Gasteiger partial charge in [0.05, 0.1) is 5.69 Å². The summed E-state index contributed by atoms with van der Waals surface area (Å²) in [6.45, 7) is 3.85. The van der Waals surface area contributed by atoms with Gasteiger partial charge < -0.3 is 9.53 Å². The van der Waals surface area contributed by atoms with Crippen LogP contribution in [0.25, 0.3) is 0 Å². The molecule has 0 aliphatic carbocycles. The SMILES string of the molecule is CC(C)(OCC=O)c1ccc(Br)cn1. The maximum atomic E-state index is 10.2.